The van der Waals surface area contributed by atoms with Gasteiger partial charge in [0.05, 0.1) is 6.54 Å². The number of rotatable bonds is 3. The maximum absolute atomic E-state index is 5.30. The highest BCUT2D eigenvalue weighted by Crippen LogP contribution is 2.41. The van der Waals surface area contributed by atoms with Crippen molar-refractivity contribution in [2.75, 3.05) is 19.6 Å². The molecule has 19 heavy (non-hydrogen) atoms. The van der Waals surface area contributed by atoms with Crippen LogP contribution in [0, 0.1) is 11.8 Å². The molecule has 0 bridgehead atoms. The van der Waals surface area contributed by atoms with E-state index in [0.29, 0.717) is 5.92 Å². The van der Waals surface area contributed by atoms with Crippen molar-refractivity contribution < 1.29 is 4.52 Å². The van der Waals surface area contributed by atoms with Gasteiger partial charge in [-0.3, -0.25) is 4.90 Å². The van der Waals surface area contributed by atoms with Gasteiger partial charge in [-0.2, -0.15) is 4.98 Å². The zero-order valence-corrected chi connectivity index (χ0v) is 12.3. The van der Waals surface area contributed by atoms with Crippen molar-refractivity contribution in [1.82, 2.24) is 20.4 Å². The minimum atomic E-state index is 0.215. The predicted octanol–water partition coefficient (Wildman–Crippen LogP) is 1.62. The maximum Gasteiger partial charge on any atom is 0.229 e. The lowest BCUT2D eigenvalue weighted by atomic mass is 9.85. The van der Waals surface area contributed by atoms with Crippen LogP contribution >= 0.6 is 0 Å². The molecule has 0 saturated carbocycles. The van der Waals surface area contributed by atoms with Gasteiger partial charge < -0.3 is 9.84 Å². The van der Waals surface area contributed by atoms with Gasteiger partial charge in [0, 0.05) is 24.5 Å². The van der Waals surface area contributed by atoms with Crippen LogP contribution < -0.4 is 5.32 Å². The van der Waals surface area contributed by atoms with E-state index in [2.05, 4.69) is 48.1 Å². The fourth-order valence-corrected chi connectivity index (χ4v) is 3.51. The molecule has 2 saturated heterocycles. The highest BCUT2D eigenvalue weighted by molar-refractivity contribution is 5.05. The summed E-state index contributed by atoms with van der Waals surface area (Å²) in [5.74, 6) is 3.38. The summed E-state index contributed by atoms with van der Waals surface area (Å²) in [5, 5.41) is 7.62. The van der Waals surface area contributed by atoms with Gasteiger partial charge in [0.1, 0.15) is 0 Å². The van der Waals surface area contributed by atoms with Crippen LogP contribution in [0.3, 0.4) is 0 Å². The Morgan fingerprint density at radius 3 is 2.84 bits per heavy atom. The Morgan fingerprint density at radius 1 is 1.42 bits per heavy atom. The first-order chi connectivity index (χ1) is 8.98. The third-order valence-electron chi connectivity index (χ3n) is 4.83. The smallest absolute Gasteiger partial charge is 0.229 e. The van der Waals surface area contributed by atoms with Gasteiger partial charge in [0.25, 0.3) is 0 Å². The zero-order valence-electron chi connectivity index (χ0n) is 12.3. The number of aromatic nitrogens is 2. The molecular formula is C14H24N4O. The van der Waals surface area contributed by atoms with E-state index in [1.54, 1.807) is 0 Å². The number of nitrogens with one attached hydrogen (secondary N) is 1. The standard InChI is InChI=1S/C14H24N4O/c1-9(2)13-16-12(17-19-13)8-18-7-10-5-15-6-11(10)14(18,3)4/h9-11,15H,5-8H2,1-4H3. The van der Waals surface area contributed by atoms with E-state index >= 15 is 0 Å². The molecule has 2 fully saturated rings. The Kier molecular flexibility index (Phi) is 3.14. The summed E-state index contributed by atoms with van der Waals surface area (Å²) in [7, 11) is 0. The predicted molar refractivity (Wildman–Crippen MR) is 72.7 cm³/mol. The van der Waals surface area contributed by atoms with Crippen molar-refractivity contribution in [2.24, 2.45) is 11.8 Å². The first-order valence-electron chi connectivity index (χ1n) is 7.26. The first-order valence-corrected chi connectivity index (χ1v) is 7.26. The van der Waals surface area contributed by atoms with Crippen LogP contribution in [0.1, 0.15) is 45.3 Å². The van der Waals surface area contributed by atoms with Crippen LogP contribution in [0.2, 0.25) is 0 Å². The topological polar surface area (TPSA) is 54.2 Å². The second-order valence-corrected chi connectivity index (χ2v) is 6.76. The molecule has 2 unspecified atom stereocenters. The number of fused-ring (bicyclic) bond motifs is 1. The Labute approximate surface area is 114 Å². The molecule has 0 spiro atoms. The Bertz CT molecular complexity index is 454. The summed E-state index contributed by atoms with van der Waals surface area (Å²) < 4.78 is 5.30. The number of hydrogen-bond donors (Lipinski definition) is 1. The van der Waals surface area contributed by atoms with Crippen molar-refractivity contribution in [3.05, 3.63) is 11.7 Å². The minimum absolute atomic E-state index is 0.215. The van der Waals surface area contributed by atoms with Crippen molar-refractivity contribution in [1.29, 1.82) is 0 Å². The van der Waals surface area contributed by atoms with Crippen LogP contribution in [0.25, 0.3) is 0 Å². The van der Waals surface area contributed by atoms with Gasteiger partial charge in [-0.05, 0) is 32.2 Å². The van der Waals surface area contributed by atoms with E-state index in [4.69, 9.17) is 4.52 Å². The molecule has 2 aliphatic rings. The van der Waals surface area contributed by atoms with Crippen LogP contribution in [-0.4, -0.2) is 40.2 Å². The summed E-state index contributed by atoms with van der Waals surface area (Å²) in [4.78, 5) is 7.01. The third-order valence-corrected chi connectivity index (χ3v) is 4.83. The lowest BCUT2D eigenvalue weighted by molar-refractivity contribution is 0.127. The van der Waals surface area contributed by atoms with Crippen LogP contribution in [0.5, 0.6) is 0 Å². The molecular weight excluding hydrogens is 240 g/mol. The average molecular weight is 264 g/mol. The van der Waals surface area contributed by atoms with Crippen LogP contribution in [0.4, 0.5) is 0 Å². The Balaban J connectivity index is 1.72. The number of likely N-dealkylation sites (tertiary alicyclic amines) is 1. The molecule has 1 aromatic rings. The second kappa shape index (κ2) is 4.56. The molecule has 0 amide bonds. The number of nitrogens with zero attached hydrogens (tertiary/aromatic N) is 3. The monoisotopic (exact) mass is 264 g/mol. The van der Waals surface area contributed by atoms with Crippen molar-refractivity contribution in [2.45, 2.75) is 45.7 Å². The first kappa shape index (κ1) is 13.1. The third kappa shape index (κ3) is 2.19. The highest BCUT2D eigenvalue weighted by atomic mass is 16.5. The lowest BCUT2D eigenvalue weighted by Gasteiger charge is -2.34. The lowest BCUT2D eigenvalue weighted by Crippen LogP contribution is -2.44. The SMILES string of the molecule is CC(C)c1nc(CN2CC3CNCC3C2(C)C)no1. The molecule has 2 aliphatic heterocycles. The van der Waals surface area contributed by atoms with Gasteiger partial charge in [0.15, 0.2) is 5.82 Å². The quantitative estimate of drug-likeness (QED) is 0.899. The fourth-order valence-electron chi connectivity index (χ4n) is 3.51. The molecule has 3 rings (SSSR count). The maximum atomic E-state index is 5.30. The summed E-state index contributed by atoms with van der Waals surface area (Å²) in [6, 6.07) is 0. The molecule has 106 valence electrons. The molecule has 0 radical (unpaired) electrons. The van der Waals surface area contributed by atoms with Gasteiger partial charge in [-0.15, -0.1) is 0 Å². The van der Waals surface area contributed by atoms with Gasteiger partial charge in [-0.1, -0.05) is 19.0 Å². The summed E-state index contributed by atoms with van der Waals surface area (Å²) in [6.07, 6.45) is 0. The summed E-state index contributed by atoms with van der Waals surface area (Å²) in [6.45, 7) is 13.1. The minimum Gasteiger partial charge on any atom is -0.339 e. The van der Waals surface area contributed by atoms with E-state index in [-0.39, 0.29) is 5.54 Å². The molecule has 0 aliphatic carbocycles. The fraction of sp³-hybridized carbons (Fsp3) is 0.857. The van der Waals surface area contributed by atoms with Crippen molar-refractivity contribution >= 4 is 0 Å². The second-order valence-electron chi connectivity index (χ2n) is 6.76. The van der Waals surface area contributed by atoms with Gasteiger partial charge >= 0.3 is 0 Å². The Morgan fingerprint density at radius 2 is 2.21 bits per heavy atom. The average Bonchev–Trinajstić information content (AvgIpc) is 2.99. The van der Waals surface area contributed by atoms with Crippen molar-refractivity contribution in [3.8, 4) is 0 Å². The molecule has 3 heterocycles. The zero-order chi connectivity index (χ0) is 13.6. The highest BCUT2D eigenvalue weighted by Gasteiger charge is 2.49. The largest absolute Gasteiger partial charge is 0.339 e. The molecule has 5 heteroatoms. The van der Waals surface area contributed by atoms with Crippen LogP contribution in [-0.2, 0) is 6.54 Å². The van der Waals surface area contributed by atoms with Crippen LogP contribution in [0.15, 0.2) is 4.52 Å². The molecule has 5 nitrogen and oxygen atoms in total. The van der Waals surface area contributed by atoms with E-state index in [1.165, 1.54) is 0 Å². The van der Waals surface area contributed by atoms with E-state index < -0.39 is 0 Å². The summed E-state index contributed by atoms with van der Waals surface area (Å²) >= 11 is 0. The summed E-state index contributed by atoms with van der Waals surface area (Å²) in [5.41, 5.74) is 0.215. The molecule has 0 aromatic carbocycles. The van der Waals surface area contributed by atoms with E-state index in [0.717, 1.165) is 49.7 Å². The van der Waals surface area contributed by atoms with Crippen molar-refractivity contribution in [3.63, 3.8) is 0 Å². The molecule has 2 atom stereocenters. The molecule has 1 N–H and O–H groups in total. The molecule has 1 aromatic heterocycles. The van der Waals surface area contributed by atoms with Gasteiger partial charge in [-0.25, -0.2) is 0 Å². The van der Waals surface area contributed by atoms with E-state index in [1.807, 2.05) is 0 Å². The van der Waals surface area contributed by atoms with E-state index in [9.17, 15) is 0 Å². The van der Waals surface area contributed by atoms with Gasteiger partial charge in [0.2, 0.25) is 5.89 Å². The Hall–Kier alpha value is -0.940. The normalized spacial score (nSPS) is 30.2. The number of hydrogen-bond acceptors (Lipinski definition) is 5.